The van der Waals surface area contributed by atoms with Crippen LogP contribution in [0, 0.1) is 0 Å². The van der Waals surface area contributed by atoms with Crippen LogP contribution >= 0.6 is 0 Å². The average Bonchev–Trinajstić information content (AvgIpc) is 2.65. The molecule has 27 heavy (non-hydrogen) atoms. The summed E-state index contributed by atoms with van der Waals surface area (Å²) >= 11 is 0. The van der Waals surface area contributed by atoms with Gasteiger partial charge in [-0.15, -0.1) is 0 Å². The van der Waals surface area contributed by atoms with E-state index in [4.69, 9.17) is 4.74 Å². The summed E-state index contributed by atoms with van der Waals surface area (Å²) in [5.41, 5.74) is 0.118. The molecule has 0 aromatic carbocycles. The van der Waals surface area contributed by atoms with Crippen LogP contribution in [0.3, 0.4) is 0 Å². The van der Waals surface area contributed by atoms with Gasteiger partial charge in [0.05, 0.1) is 7.11 Å². The Morgan fingerprint density at radius 1 is 0.963 bits per heavy atom. The zero-order chi connectivity index (χ0) is 20.5. The topological polar surface area (TPSA) is 81.7 Å². The summed E-state index contributed by atoms with van der Waals surface area (Å²) in [6.45, 7) is 6.92. The number of ether oxygens (including phenoxy) is 2. The molecule has 0 unspecified atom stereocenters. The first-order chi connectivity index (χ1) is 12.9. The molecule has 6 nitrogen and oxygen atoms in total. The van der Waals surface area contributed by atoms with Crippen molar-refractivity contribution in [2.45, 2.75) is 78.1 Å². The van der Waals surface area contributed by atoms with Crippen molar-refractivity contribution in [3.8, 4) is 0 Å². The van der Waals surface area contributed by atoms with Gasteiger partial charge in [0.15, 0.2) is 5.76 Å². The summed E-state index contributed by atoms with van der Waals surface area (Å²) in [4.78, 5) is 34.6. The Balaban J connectivity index is 4.19. The lowest BCUT2D eigenvalue weighted by atomic mass is 10.1. The van der Waals surface area contributed by atoms with Crippen LogP contribution < -0.4 is 5.32 Å². The van der Waals surface area contributed by atoms with Gasteiger partial charge in [0.2, 0.25) is 0 Å². The third-order valence-corrected chi connectivity index (χ3v) is 4.05. The fraction of sp³-hybridized carbons (Fsp3) is 0.667. The smallest absolute Gasteiger partial charge is 0.334 e. The van der Waals surface area contributed by atoms with Gasteiger partial charge in [0, 0.05) is 19.0 Å². The summed E-state index contributed by atoms with van der Waals surface area (Å²) < 4.78 is 9.50. The Bertz CT molecular complexity index is 511. The third kappa shape index (κ3) is 13.7. The van der Waals surface area contributed by atoms with Crippen molar-refractivity contribution in [2.75, 3.05) is 13.7 Å². The molecule has 0 bridgehead atoms. The number of methoxy groups -OCH3 is 1. The molecule has 0 heterocycles. The quantitative estimate of drug-likeness (QED) is 0.199. The highest BCUT2D eigenvalue weighted by molar-refractivity contribution is 5.95. The molecule has 0 aromatic rings. The second-order valence-corrected chi connectivity index (χ2v) is 6.56. The molecule has 0 saturated carbocycles. The largest absolute Gasteiger partial charge is 0.466 e. The molecule has 1 N–H and O–H groups in total. The standard InChI is InChI=1S/C21H35NO5/c1-5-6-7-8-9-10-11-12-13-14-15-19(27-18(3)23)20(24)22-16-17(2)21(25)26-4/h15H,2,5-14,16H2,1,3-4H3,(H,22,24)/b19-15-. The monoisotopic (exact) mass is 381 g/mol. The SMILES string of the molecule is C=C(CNC(=O)/C(=C/CCCCCCCCCCC)OC(C)=O)C(=O)OC. The molecule has 0 rings (SSSR count). The number of allylic oxidation sites excluding steroid dienone is 1. The third-order valence-electron chi connectivity index (χ3n) is 4.05. The molecular formula is C21H35NO5. The van der Waals surface area contributed by atoms with E-state index in [9.17, 15) is 14.4 Å². The lowest BCUT2D eigenvalue weighted by Gasteiger charge is -2.09. The highest BCUT2D eigenvalue weighted by Crippen LogP contribution is 2.12. The van der Waals surface area contributed by atoms with Crippen molar-refractivity contribution in [3.63, 3.8) is 0 Å². The second-order valence-electron chi connectivity index (χ2n) is 6.56. The molecule has 154 valence electrons. The summed E-state index contributed by atoms with van der Waals surface area (Å²) in [6.07, 6.45) is 13.2. The van der Waals surface area contributed by atoms with Crippen LogP contribution in [0.25, 0.3) is 0 Å². The van der Waals surface area contributed by atoms with Crippen molar-refractivity contribution in [1.29, 1.82) is 0 Å². The highest BCUT2D eigenvalue weighted by atomic mass is 16.5. The zero-order valence-corrected chi connectivity index (χ0v) is 17.1. The van der Waals surface area contributed by atoms with Crippen molar-refractivity contribution in [1.82, 2.24) is 5.32 Å². The van der Waals surface area contributed by atoms with Crippen LogP contribution in [0.1, 0.15) is 78.1 Å². The molecule has 0 aromatic heterocycles. The Morgan fingerprint density at radius 3 is 2.04 bits per heavy atom. The fourth-order valence-corrected chi connectivity index (χ4v) is 2.51. The number of unbranched alkanes of at least 4 members (excludes halogenated alkanes) is 9. The van der Waals surface area contributed by atoms with E-state index in [1.807, 2.05) is 0 Å². The summed E-state index contributed by atoms with van der Waals surface area (Å²) in [5, 5.41) is 2.50. The average molecular weight is 382 g/mol. The molecule has 0 atom stereocenters. The Labute approximate surface area is 163 Å². The number of nitrogens with one attached hydrogen (secondary N) is 1. The van der Waals surface area contributed by atoms with E-state index in [2.05, 4.69) is 23.6 Å². The van der Waals surface area contributed by atoms with Crippen LogP contribution in [0.5, 0.6) is 0 Å². The molecule has 0 fully saturated rings. The van der Waals surface area contributed by atoms with Gasteiger partial charge in [0.25, 0.3) is 5.91 Å². The Morgan fingerprint density at radius 2 is 1.52 bits per heavy atom. The van der Waals surface area contributed by atoms with E-state index in [0.29, 0.717) is 6.42 Å². The number of hydrogen-bond acceptors (Lipinski definition) is 5. The van der Waals surface area contributed by atoms with E-state index < -0.39 is 17.8 Å². The van der Waals surface area contributed by atoms with Gasteiger partial charge in [-0.25, -0.2) is 4.79 Å². The van der Waals surface area contributed by atoms with Gasteiger partial charge in [-0.1, -0.05) is 64.9 Å². The van der Waals surface area contributed by atoms with Gasteiger partial charge in [-0.2, -0.15) is 0 Å². The van der Waals surface area contributed by atoms with Gasteiger partial charge in [-0.3, -0.25) is 9.59 Å². The van der Waals surface area contributed by atoms with Crippen LogP contribution in [0.2, 0.25) is 0 Å². The highest BCUT2D eigenvalue weighted by Gasteiger charge is 2.15. The number of hydrogen-bond donors (Lipinski definition) is 1. The minimum absolute atomic E-state index is 0.0419. The van der Waals surface area contributed by atoms with Crippen molar-refractivity contribution in [3.05, 3.63) is 24.0 Å². The molecule has 0 spiro atoms. The molecule has 1 amide bonds. The van der Waals surface area contributed by atoms with Crippen molar-refractivity contribution >= 4 is 17.8 Å². The zero-order valence-electron chi connectivity index (χ0n) is 17.1. The maximum atomic E-state index is 12.1. The predicted octanol–water partition coefficient (Wildman–Crippen LogP) is 4.20. The van der Waals surface area contributed by atoms with Crippen LogP contribution in [0.4, 0.5) is 0 Å². The molecule has 6 heteroatoms. The van der Waals surface area contributed by atoms with Crippen LogP contribution in [0.15, 0.2) is 24.0 Å². The van der Waals surface area contributed by atoms with Gasteiger partial charge >= 0.3 is 11.9 Å². The number of carbonyl (C=O) groups is 3. The van der Waals surface area contributed by atoms with E-state index in [-0.39, 0.29) is 17.9 Å². The fourth-order valence-electron chi connectivity index (χ4n) is 2.51. The van der Waals surface area contributed by atoms with Gasteiger partial charge < -0.3 is 14.8 Å². The number of esters is 2. The Kier molecular flexibility index (Phi) is 14.8. The van der Waals surface area contributed by atoms with Gasteiger partial charge in [0.1, 0.15) is 0 Å². The molecular weight excluding hydrogens is 346 g/mol. The molecule has 0 saturated heterocycles. The predicted molar refractivity (Wildman–Crippen MR) is 106 cm³/mol. The van der Waals surface area contributed by atoms with Gasteiger partial charge in [-0.05, 0) is 18.9 Å². The maximum absolute atomic E-state index is 12.1. The normalized spacial score (nSPS) is 11.0. The number of amides is 1. The van der Waals surface area contributed by atoms with Crippen molar-refractivity contribution in [2.24, 2.45) is 0 Å². The first-order valence-corrected chi connectivity index (χ1v) is 9.85. The van der Waals surface area contributed by atoms with E-state index in [1.165, 1.54) is 59.0 Å². The second kappa shape index (κ2) is 16.1. The molecule has 0 radical (unpaired) electrons. The lowest BCUT2D eigenvalue weighted by Crippen LogP contribution is -2.30. The summed E-state index contributed by atoms with van der Waals surface area (Å²) in [7, 11) is 1.24. The first-order valence-electron chi connectivity index (χ1n) is 9.85. The number of carbonyl (C=O) groups excluding carboxylic acids is 3. The van der Waals surface area contributed by atoms with Crippen LogP contribution in [-0.2, 0) is 23.9 Å². The molecule has 0 aliphatic heterocycles. The molecule has 0 aliphatic carbocycles. The van der Waals surface area contributed by atoms with Crippen molar-refractivity contribution < 1.29 is 23.9 Å². The minimum atomic E-state index is -0.594. The Hall–Kier alpha value is -2.11. The summed E-state index contributed by atoms with van der Waals surface area (Å²) in [5.74, 6) is -1.75. The number of rotatable bonds is 15. The lowest BCUT2D eigenvalue weighted by molar-refractivity contribution is -0.141. The first kappa shape index (κ1) is 24.9. The molecule has 0 aliphatic rings. The van der Waals surface area contributed by atoms with E-state index in [0.717, 1.165) is 12.8 Å². The van der Waals surface area contributed by atoms with Crippen LogP contribution in [-0.4, -0.2) is 31.5 Å². The van der Waals surface area contributed by atoms with E-state index >= 15 is 0 Å². The van der Waals surface area contributed by atoms with E-state index in [1.54, 1.807) is 6.08 Å². The minimum Gasteiger partial charge on any atom is -0.466 e. The maximum Gasteiger partial charge on any atom is 0.334 e. The summed E-state index contributed by atoms with van der Waals surface area (Å²) in [6, 6.07) is 0.